The second-order valence-corrected chi connectivity index (χ2v) is 5.03. The number of ketones is 1. The molecule has 0 saturated heterocycles. The fraction of sp³-hybridized carbons (Fsp3) is 0.125. The van der Waals surface area contributed by atoms with Crippen LogP contribution in [0.4, 0.5) is 13.2 Å². The number of nitrogens with one attached hydrogen (secondary N) is 1. The number of hydrogen-bond acceptors (Lipinski definition) is 2. The highest BCUT2D eigenvalue weighted by Gasteiger charge is 2.31. The number of H-pyrrole nitrogens is 1. The standard InChI is InChI=1S/C16H11F3N2O/c1-9-2-4-10(5-3-9)15(22)14-12-7-6-11(16(17,18)19)8-13(12)20-21-14/h2-8H,1H3,(H,20,21). The largest absolute Gasteiger partial charge is 0.416 e. The first kappa shape index (κ1) is 14.3. The van der Waals surface area contributed by atoms with Crippen LogP contribution in [-0.4, -0.2) is 16.0 Å². The van der Waals surface area contributed by atoms with Gasteiger partial charge in [-0.15, -0.1) is 0 Å². The van der Waals surface area contributed by atoms with Crippen LogP contribution in [0, 0.1) is 6.92 Å². The summed E-state index contributed by atoms with van der Waals surface area (Å²) in [5.41, 5.74) is 0.980. The van der Waals surface area contributed by atoms with Gasteiger partial charge in [-0.25, -0.2) is 0 Å². The molecule has 0 amide bonds. The van der Waals surface area contributed by atoms with Gasteiger partial charge in [0, 0.05) is 10.9 Å². The molecule has 1 aromatic heterocycles. The number of aryl methyl sites for hydroxylation is 1. The summed E-state index contributed by atoms with van der Waals surface area (Å²) in [4.78, 5) is 12.4. The summed E-state index contributed by atoms with van der Waals surface area (Å²) in [7, 11) is 0. The van der Waals surface area contributed by atoms with Crippen LogP contribution in [0.25, 0.3) is 10.9 Å². The first-order valence-electron chi connectivity index (χ1n) is 6.53. The molecule has 3 aromatic rings. The molecule has 0 saturated carbocycles. The van der Waals surface area contributed by atoms with Gasteiger partial charge in [0.05, 0.1) is 11.1 Å². The van der Waals surface area contributed by atoms with Crippen molar-refractivity contribution in [2.45, 2.75) is 13.1 Å². The maximum Gasteiger partial charge on any atom is 0.416 e. The monoisotopic (exact) mass is 304 g/mol. The molecule has 3 rings (SSSR count). The average molecular weight is 304 g/mol. The molecule has 0 atom stereocenters. The van der Waals surface area contributed by atoms with Gasteiger partial charge in [0.2, 0.25) is 5.78 Å². The van der Waals surface area contributed by atoms with Crippen molar-refractivity contribution in [1.29, 1.82) is 0 Å². The summed E-state index contributed by atoms with van der Waals surface area (Å²) in [5, 5.41) is 6.74. The Morgan fingerprint density at radius 3 is 2.41 bits per heavy atom. The molecule has 0 fully saturated rings. The molecule has 0 unspecified atom stereocenters. The Morgan fingerprint density at radius 1 is 1.09 bits per heavy atom. The van der Waals surface area contributed by atoms with E-state index in [9.17, 15) is 18.0 Å². The molecule has 112 valence electrons. The molecule has 0 radical (unpaired) electrons. The second-order valence-electron chi connectivity index (χ2n) is 5.03. The van der Waals surface area contributed by atoms with E-state index < -0.39 is 11.7 Å². The van der Waals surface area contributed by atoms with Gasteiger partial charge in [0.1, 0.15) is 5.69 Å². The highest BCUT2D eigenvalue weighted by Crippen LogP contribution is 2.31. The van der Waals surface area contributed by atoms with E-state index in [1.165, 1.54) is 6.07 Å². The predicted molar refractivity (Wildman–Crippen MR) is 75.7 cm³/mol. The number of fused-ring (bicyclic) bond motifs is 1. The van der Waals surface area contributed by atoms with Crippen molar-refractivity contribution in [3.05, 3.63) is 64.8 Å². The van der Waals surface area contributed by atoms with Crippen LogP contribution >= 0.6 is 0 Å². The van der Waals surface area contributed by atoms with Crippen molar-refractivity contribution in [3.8, 4) is 0 Å². The summed E-state index contributed by atoms with van der Waals surface area (Å²) in [5.74, 6) is -0.328. The quantitative estimate of drug-likeness (QED) is 0.724. The van der Waals surface area contributed by atoms with Gasteiger partial charge in [0.15, 0.2) is 0 Å². The summed E-state index contributed by atoms with van der Waals surface area (Å²) in [6.07, 6.45) is -4.43. The van der Waals surface area contributed by atoms with Gasteiger partial charge in [0.25, 0.3) is 0 Å². The molecule has 2 aromatic carbocycles. The number of benzene rings is 2. The summed E-state index contributed by atoms with van der Waals surface area (Å²) in [6.45, 7) is 1.90. The van der Waals surface area contributed by atoms with E-state index in [0.717, 1.165) is 17.7 Å². The number of aromatic nitrogens is 2. The van der Waals surface area contributed by atoms with E-state index in [-0.39, 0.29) is 17.0 Å². The van der Waals surface area contributed by atoms with Crippen molar-refractivity contribution >= 4 is 16.7 Å². The summed E-state index contributed by atoms with van der Waals surface area (Å²) in [6, 6.07) is 10.1. The van der Waals surface area contributed by atoms with Crippen LogP contribution in [0.15, 0.2) is 42.5 Å². The molecule has 22 heavy (non-hydrogen) atoms. The van der Waals surface area contributed by atoms with Crippen molar-refractivity contribution in [1.82, 2.24) is 10.2 Å². The molecule has 6 heteroatoms. The normalized spacial score (nSPS) is 11.8. The maximum atomic E-state index is 12.7. The molecular weight excluding hydrogens is 293 g/mol. The number of nitrogens with zero attached hydrogens (tertiary/aromatic N) is 1. The Balaban J connectivity index is 2.05. The van der Waals surface area contributed by atoms with Gasteiger partial charge in [-0.1, -0.05) is 29.8 Å². The lowest BCUT2D eigenvalue weighted by atomic mass is 10.0. The van der Waals surface area contributed by atoms with Gasteiger partial charge in [-0.3, -0.25) is 9.89 Å². The Kier molecular flexibility index (Phi) is 3.24. The number of alkyl halides is 3. The third-order valence-electron chi connectivity index (χ3n) is 3.42. The van der Waals surface area contributed by atoms with E-state index in [4.69, 9.17) is 0 Å². The minimum atomic E-state index is -4.43. The number of aromatic amines is 1. The second kappa shape index (κ2) is 4.98. The molecule has 0 aliphatic heterocycles. The van der Waals surface area contributed by atoms with Crippen molar-refractivity contribution < 1.29 is 18.0 Å². The van der Waals surface area contributed by atoms with Crippen LogP contribution in [0.5, 0.6) is 0 Å². The molecule has 0 aliphatic rings. The third-order valence-corrected chi connectivity index (χ3v) is 3.42. The number of carbonyl (C=O) groups excluding carboxylic acids is 1. The fourth-order valence-corrected chi connectivity index (χ4v) is 2.21. The first-order valence-corrected chi connectivity index (χ1v) is 6.53. The van der Waals surface area contributed by atoms with Gasteiger partial charge < -0.3 is 0 Å². The molecule has 0 bridgehead atoms. The lowest BCUT2D eigenvalue weighted by molar-refractivity contribution is -0.137. The smallest absolute Gasteiger partial charge is 0.287 e. The van der Waals surface area contributed by atoms with E-state index >= 15 is 0 Å². The van der Waals surface area contributed by atoms with Crippen LogP contribution in [0.1, 0.15) is 27.2 Å². The topological polar surface area (TPSA) is 45.8 Å². The van der Waals surface area contributed by atoms with Gasteiger partial charge in [-0.2, -0.15) is 18.3 Å². The predicted octanol–water partition coefficient (Wildman–Crippen LogP) is 4.12. The van der Waals surface area contributed by atoms with E-state index in [1.807, 2.05) is 6.92 Å². The highest BCUT2D eigenvalue weighted by molar-refractivity contribution is 6.14. The Bertz CT molecular complexity index is 848. The minimum absolute atomic E-state index is 0.118. The van der Waals surface area contributed by atoms with E-state index in [0.29, 0.717) is 10.9 Å². The van der Waals surface area contributed by atoms with Crippen LogP contribution in [0.2, 0.25) is 0 Å². The fourth-order valence-electron chi connectivity index (χ4n) is 2.21. The molecule has 0 aliphatic carbocycles. The Morgan fingerprint density at radius 2 is 1.77 bits per heavy atom. The van der Waals surface area contributed by atoms with Crippen molar-refractivity contribution in [2.24, 2.45) is 0 Å². The number of hydrogen-bond donors (Lipinski definition) is 1. The molecular formula is C16H11F3N2O. The van der Waals surface area contributed by atoms with Crippen LogP contribution in [-0.2, 0) is 6.18 Å². The number of carbonyl (C=O) groups is 1. The van der Waals surface area contributed by atoms with Gasteiger partial charge >= 0.3 is 6.18 Å². The number of halogens is 3. The third kappa shape index (κ3) is 2.47. The molecule has 1 heterocycles. The minimum Gasteiger partial charge on any atom is -0.287 e. The summed E-state index contributed by atoms with van der Waals surface area (Å²) >= 11 is 0. The van der Waals surface area contributed by atoms with Crippen LogP contribution in [0.3, 0.4) is 0 Å². The first-order chi connectivity index (χ1) is 10.4. The average Bonchev–Trinajstić information content (AvgIpc) is 2.89. The lowest BCUT2D eigenvalue weighted by Gasteiger charge is -2.05. The van der Waals surface area contributed by atoms with Gasteiger partial charge in [-0.05, 0) is 25.1 Å². The zero-order valence-electron chi connectivity index (χ0n) is 11.5. The zero-order chi connectivity index (χ0) is 15.9. The Hall–Kier alpha value is -2.63. The highest BCUT2D eigenvalue weighted by atomic mass is 19.4. The lowest BCUT2D eigenvalue weighted by Crippen LogP contribution is -2.04. The van der Waals surface area contributed by atoms with Crippen LogP contribution < -0.4 is 0 Å². The SMILES string of the molecule is Cc1ccc(C(=O)c2n[nH]c3cc(C(F)(F)F)ccc23)cc1. The Labute approximate surface area is 123 Å². The molecule has 1 N–H and O–H groups in total. The van der Waals surface area contributed by atoms with E-state index in [1.54, 1.807) is 24.3 Å². The van der Waals surface area contributed by atoms with Crippen molar-refractivity contribution in [3.63, 3.8) is 0 Å². The molecule has 3 nitrogen and oxygen atoms in total. The summed E-state index contributed by atoms with van der Waals surface area (Å²) < 4.78 is 38.0. The van der Waals surface area contributed by atoms with Crippen molar-refractivity contribution in [2.75, 3.05) is 0 Å². The molecule has 0 spiro atoms. The number of rotatable bonds is 2. The zero-order valence-corrected chi connectivity index (χ0v) is 11.5. The van der Waals surface area contributed by atoms with E-state index in [2.05, 4.69) is 10.2 Å². The maximum absolute atomic E-state index is 12.7.